The van der Waals surface area contributed by atoms with E-state index < -0.39 is 0 Å². The van der Waals surface area contributed by atoms with Gasteiger partial charge in [0.25, 0.3) is 5.91 Å². The van der Waals surface area contributed by atoms with Gasteiger partial charge in [0.1, 0.15) is 0 Å². The average molecular weight is 418 g/mol. The zero-order valence-electron chi connectivity index (χ0n) is 9.83. The highest BCUT2D eigenvalue weighted by Crippen LogP contribution is 2.30. The van der Waals surface area contributed by atoms with Crippen molar-refractivity contribution in [1.29, 1.82) is 0 Å². The van der Waals surface area contributed by atoms with Crippen LogP contribution in [0, 0.1) is 21.8 Å². The third kappa shape index (κ3) is 3.48. The first kappa shape index (κ1) is 13.9. The Morgan fingerprint density at radius 1 is 1.56 bits per heavy atom. The van der Waals surface area contributed by atoms with Gasteiger partial charge in [0.2, 0.25) is 0 Å². The van der Waals surface area contributed by atoms with E-state index in [9.17, 15) is 4.79 Å². The summed E-state index contributed by atoms with van der Waals surface area (Å²) in [6, 6.07) is 5.76. The minimum Gasteiger partial charge on any atom is -0.327 e. The van der Waals surface area contributed by atoms with Crippen LogP contribution in [0.5, 0.6) is 0 Å². The van der Waals surface area contributed by atoms with Crippen LogP contribution in [0.15, 0.2) is 22.7 Å². The lowest BCUT2D eigenvalue weighted by atomic mass is 10.2. The summed E-state index contributed by atoms with van der Waals surface area (Å²) in [5.41, 5.74) is 0.692. The lowest BCUT2D eigenvalue weighted by molar-refractivity contribution is 0.0769. The van der Waals surface area contributed by atoms with E-state index in [1.165, 1.54) is 12.8 Å². The van der Waals surface area contributed by atoms with Crippen molar-refractivity contribution in [2.24, 2.45) is 5.92 Å². The summed E-state index contributed by atoms with van der Waals surface area (Å²) in [6.07, 6.45) is 7.77. The first-order valence-corrected chi connectivity index (χ1v) is 7.66. The van der Waals surface area contributed by atoms with E-state index in [-0.39, 0.29) is 5.91 Å². The molecule has 0 aromatic heterocycles. The van der Waals surface area contributed by atoms with Gasteiger partial charge in [0, 0.05) is 14.6 Å². The third-order valence-corrected chi connectivity index (χ3v) is 4.27. The molecule has 0 atom stereocenters. The van der Waals surface area contributed by atoms with Crippen LogP contribution in [0.3, 0.4) is 0 Å². The smallest absolute Gasteiger partial charge is 0.255 e. The molecule has 1 aliphatic rings. The Hall–Kier alpha value is -0.540. The molecule has 1 amide bonds. The number of rotatable bonds is 4. The molecule has 1 aromatic rings. The molecule has 0 N–H and O–H groups in total. The van der Waals surface area contributed by atoms with Crippen LogP contribution in [-0.4, -0.2) is 23.9 Å². The fourth-order valence-corrected chi connectivity index (χ4v) is 2.68. The van der Waals surface area contributed by atoms with Gasteiger partial charge in [-0.25, -0.2) is 0 Å². The van der Waals surface area contributed by atoms with E-state index in [1.54, 1.807) is 4.90 Å². The van der Waals surface area contributed by atoms with Crippen molar-refractivity contribution in [2.45, 2.75) is 12.8 Å². The lowest BCUT2D eigenvalue weighted by Crippen LogP contribution is -2.33. The average Bonchev–Trinajstić information content (AvgIpc) is 3.15. The summed E-state index contributed by atoms with van der Waals surface area (Å²) in [5, 5.41) is 0. The Bertz CT molecular complexity index is 505. The van der Waals surface area contributed by atoms with Gasteiger partial charge in [-0.1, -0.05) is 5.92 Å². The van der Waals surface area contributed by atoms with Crippen molar-refractivity contribution >= 4 is 44.4 Å². The molecule has 0 aliphatic heterocycles. The summed E-state index contributed by atoms with van der Waals surface area (Å²) in [5.74, 6) is 3.23. The Kier molecular flexibility index (Phi) is 4.68. The molecular formula is C14H13BrINO. The predicted molar refractivity (Wildman–Crippen MR) is 84.3 cm³/mol. The number of amides is 1. The maximum Gasteiger partial charge on any atom is 0.255 e. The van der Waals surface area contributed by atoms with Gasteiger partial charge in [-0.3, -0.25) is 4.79 Å². The van der Waals surface area contributed by atoms with Crippen LogP contribution in [0.4, 0.5) is 0 Å². The molecule has 0 unspecified atom stereocenters. The molecule has 0 radical (unpaired) electrons. The van der Waals surface area contributed by atoms with Gasteiger partial charge in [0.05, 0.1) is 12.1 Å². The fourth-order valence-electron chi connectivity index (χ4n) is 1.77. The van der Waals surface area contributed by atoms with Crippen LogP contribution in [0.1, 0.15) is 23.2 Å². The molecule has 1 saturated carbocycles. The van der Waals surface area contributed by atoms with Crippen molar-refractivity contribution in [1.82, 2.24) is 4.90 Å². The van der Waals surface area contributed by atoms with Gasteiger partial charge in [-0.2, -0.15) is 0 Å². The number of benzene rings is 1. The maximum atomic E-state index is 12.5. The van der Waals surface area contributed by atoms with E-state index >= 15 is 0 Å². The summed E-state index contributed by atoms with van der Waals surface area (Å²) >= 11 is 5.64. The topological polar surface area (TPSA) is 20.3 Å². The highest BCUT2D eigenvalue weighted by molar-refractivity contribution is 14.1. The third-order valence-electron chi connectivity index (χ3n) is 2.90. The quantitative estimate of drug-likeness (QED) is 0.542. The summed E-state index contributed by atoms with van der Waals surface area (Å²) < 4.78 is 1.87. The normalized spacial score (nSPS) is 14.1. The first-order valence-electron chi connectivity index (χ1n) is 5.79. The number of halogens is 2. The van der Waals surface area contributed by atoms with E-state index in [4.69, 9.17) is 6.42 Å². The van der Waals surface area contributed by atoms with E-state index in [2.05, 4.69) is 44.4 Å². The maximum absolute atomic E-state index is 12.5. The van der Waals surface area contributed by atoms with Crippen molar-refractivity contribution in [3.05, 3.63) is 31.8 Å². The number of carbonyl (C=O) groups excluding carboxylic acids is 1. The molecule has 4 heteroatoms. The number of terminal acetylenes is 1. The van der Waals surface area contributed by atoms with Crippen molar-refractivity contribution in [3.63, 3.8) is 0 Å². The first-order chi connectivity index (χ1) is 8.61. The molecule has 0 heterocycles. The zero-order valence-corrected chi connectivity index (χ0v) is 13.6. The standard InChI is InChI=1S/C14H13BrINO/c1-2-7-17(9-10-3-4-10)14(18)12-8-11(16)5-6-13(12)15/h1,5-6,8,10H,3-4,7,9H2. The molecule has 0 spiro atoms. The van der Waals surface area contributed by atoms with E-state index in [1.807, 2.05) is 18.2 Å². The second-order valence-electron chi connectivity index (χ2n) is 4.46. The molecular weight excluding hydrogens is 405 g/mol. The second kappa shape index (κ2) is 6.07. The Morgan fingerprint density at radius 2 is 2.28 bits per heavy atom. The molecule has 1 aliphatic carbocycles. The Morgan fingerprint density at radius 3 is 2.89 bits per heavy atom. The lowest BCUT2D eigenvalue weighted by Gasteiger charge is -2.20. The van der Waals surface area contributed by atoms with E-state index in [0.29, 0.717) is 18.0 Å². The van der Waals surface area contributed by atoms with Crippen molar-refractivity contribution in [3.8, 4) is 12.3 Å². The molecule has 1 aromatic carbocycles. The fraction of sp³-hybridized carbons (Fsp3) is 0.357. The van der Waals surface area contributed by atoms with Gasteiger partial charge in [0.15, 0.2) is 0 Å². The van der Waals surface area contributed by atoms with Gasteiger partial charge >= 0.3 is 0 Å². The summed E-state index contributed by atoms with van der Waals surface area (Å²) in [7, 11) is 0. The van der Waals surface area contributed by atoms with Gasteiger partial charge in [-0.05, 0) is 75.5 Å². The zero-order chi connectivity index (χ0) is 13.1. The second-order valence-corrected chi connectivity index (χ2v) is 6.56. The molecule has 18 heavy (non-hydrogen) atoms. The van der Waals surface area contributed by atoms with Crippen LogP contribution in [-0.2, 0) is 0 Å². The van der Waals surface area contributed by atoms with Gasteiger partial charge in [-0.15, -0.1) is 6.42 Å². The number of hydrogen-bond donors (Lipinski definition) is 0. The van der Waals surface area contributed by atoms with Crippen LogP contribution in [0.2, 0.25) is 0 Å². The number of carbonyl (C=O) groups is 1. The number of nitrogens with zero attached hydrogens (tertiary/aromatic N) is 1. The molecule has 1 fully saturated rings. The van der Waals surface area contributed by atoms with Crippen LogP contribution >= 0.6 is 38.5 Å². The number of hydrogen-bond acceptors (Lipinski definition) is 1. The molecule has 2 nitrogen and oxygen atoms in total. The van der Waals surface area contributed by atoms with Crippen LogP contribution < -0.4 is 0 Å². The van der Waals surface area contributed by atoms with E-state index in [0.717, 1.165) is 14.6 Å². The van der Waals surface area contributed by atoms with Crippen LogP contribution in [0.25, 0.3) is 0 Å². The largest absolute Gasteiger partial charge is 0.327 e. The van der Waals surface area contributed by atoms with Crippen molar-refractivity contribution < 1.29 is 4.79 Å². The summed E-state index contributed by atoms with van der Waals surface area (Å²) in [6.45, 7) is 1.16. The SMILES string of the molecule is C#CCN(CC1CC1)C(=O)c1cc(I)ccc1Br. The molecule has 94 valence electrons. The molecule has 0 saturated heterocycles. The Labute approximate surface area is 129 Å². The highest BCUT2D eigenvalue weighted by Gasteiger charge is 2.27. The monoisotopic (exact) mass is 417 g/mol. The highest BCUT2D eigenvalue weighted by atomic mass is 127. The molecule has 2 rings (SSSR count). The van der Waals surface area contributed by atoms with Gasteiger partial charge < -0.3 is 4.90 Å². The van der Waals surface area contributed by atoms with Crippen molar-refractivity contribution in [2.75, 3.05) is 13.1 Å². The summed E-state index contributed by atoms with van der Waals surface area (Å²) in [4.78, 5) is 14.2. The minimum atomic E-state index is 0.0187. The minimum absolute atomic E-state index is 0.0187. The molecule has 0 bridgehead atoms. The predicted octanol–water partition coefficient (Wildman–Crippen LogP) is 3.54. The Balaban J connectivity index is 2.20.